The summed E-state index contributed by atoms with van der Waals surface area (Å²) in [6.45, 7) is 0.447. The van der Waals surface area contributed by atoms with Crippen molar-refractivity contribution in [3.05, 3.63) is 70.7 Å². The molecule has 112 valence electrons. The summed E-state index contributed by atoms with van der Waals surface area (Å²) in [7, 11) is 0. The van der Waals surface area contributed by atoms with Crippen LogP contribution in [-0.4, -0.2) is 12.5 Å². The second-order valence-electron chi connectivity index (χ2n) is 4.93. The van der Waals surface area contributed by atoms with Crippen molar-refractivity contribution in [3.63, 3.8) is 0 Å². The van der Waals surface area contributed by atoms with Crippen molar-refractivity contribution < 1.29 is 13.6 Å². The maximum absolute atomic E-state index is 12.8. The van der Waals surface area contributed by atoms with Crippen LogP contribution in [0.3, 0.4) is 0 Å². The second-order valence-corrected chi connectivity index (χ2v) is 5.36. The first kappa shape index (κ1) is 14.6. The summed E-state index contributed by atoms with van der Waals surface area (Å²) in [6, 6.07) is 13.1. The van der Waals surface area contributed by atoms with Crippen LogP contribution in [0.1, 0.15) is 16.1 Å². The Morgan fingerprint density at radius 2 is 1.91 bits per heavy atom. The molecule has 3 rings (SSSR count). The molecule has 1 heterocycles. The van der Waals surface area contributed by atoms with Crippen molar-refractivity contribution >= 4 is 28.5 Å². The van der Waals surface area contributed by atoms with Gasteiger partial charge in [0.1, 0.15) is 11.4 Å². The van der Waals surface area contributed by atoms with Crippen LogP contribution in [0.2, 0.25) is 5.02 Å². The van der Waals surface area contributed by atoms with Gasteiger partial charge < -0.3 is 9.73 Å². The first-order valence-electron chi connectivity index (χ1n) is 6.83. The third kappa shape index (κ3) is 3.28. The lowest BCUT2D eigenvalue weighted by Gasteiger charge is -2.03. The van der Waals surface area contributed by atoms with Gasteiger partial charge in [0, 0.05) is 17.0 Å². The number of hydrogen-bond acceptors (Lipinski definition) is 2. The molecule has 0 saturated heterocycles. The average Bonchev–Trinajstić information content (AvgIpc) is 2.92. The topological polar surface area (TPSA) is 42.2 Å². The number of nitrogens with one attached hydrogen (secondary N) is 1. The normalized spacial score (nSPS) is 10.8. The fraction of sp³-hybridized carbons (Fsp3) is 0.118. The Morgan fingerprint density at radius 1 is 1.14 bits per heavy atom. The van der Waals surface area contributed by atoms with E-state index in [1.807, 2.05) is 0 Å². The predicted molar refractivity (Wildman–Crippen MR) is 83.7 cm³/mol. The minimum atomic E-state index is -0.283. The number of halogens is 2. The zero-order chi connectivity index (χ0) is 15.5. The van der Waals surface area contributed by atoms with E-state index < -0.39 is 0 Å². The van der Waals surface area contributed by atoms with Gasteiger partial charge in [0.15, 0.2) is 5.76 Å². The fourth-order valence-electron chi connectivity index (χ4n) is 2.18. The molecule has 0 fully saturated rings. The number of benzene rings is 2. The van der Waals surface area contributed by atoms with Crippen LogP contribution in [-0.2, 0) is 6.42 Å². The van der Waals surface area contributed by atoms with E-state index in [0.717, 1.165) is 10.9 Å². The van der Waals surface area contributed by atoms with Gasteiger partial charge in [-0.05, 0) is 48.4 Å². The van der Waals surface area contributed by atoms with Gasteiger partial charge in [-0.2, -0.15) is 0 Å². The van der Waals surface area contributed by atoms with Crippen LogP contribution < -0.4 is 5.32 Å². The van der Waals surface area contributed by atoms with E-state index in [1.165, 1.54) is 12.1 Å². The van der Waals surface area contributed by atoms with Crippen LogP contribution in [0.4, 0.5) is 4.39 Å². The highest BCUT2D eigenvalue weighted by Gasteiger charge is 2.11. The number of rotatable bonds is 4. The summed E-state index contributed by atoms with van der Waals surface area (Å²) in [6.07, 6.45) is 0.623. The molecule has 0 aliphatic heterocycles. The largest absolute Gasteiger partial charge is 0.451 e. The lowest BCUT2D eigenvalue weighted by atomic mass is 10.1. The Bertz CT molecular complexity index is 811. The number of amides is 1. The van der Waals surface area contributed by atoms with Crippen LogP contribution in [0.15, 0.2) is 52.9 Å². The minimum Gasteiger partial charge on any atom is -0.451 e. The number of fused-ring (bicyclic) bond motifs is 1. The van der Waals surface area contributed by atoms with Gasteiger partial charge >= 0.3 is 0 Å². The Hall–Kier alpha value is -2.33. The standard InChI is InChI=1S/C17H13ClFNO2/c18-13-3-6-15-12(9-13)10-16(22-15)17(21)20-8-7-11-1-4-14(19)5-2-11/h1-6,9-10H,7-8H2,(H,20,21). The number of carbonyl (C=O) groups is 1. The molecule has 3 nitrogen and oxygen atoms in total. The second kappa shape index (κ2) is 6.20. The Morgan fingerprint density at radius 3 is 2.68 bits per heavy atom. The van der Waals surface area contributed by atoms with Crippen molar-refractivity contribution in [2.24, 2.45) is 0 Å². The van der Waals surface area contributed by atoms with E-state index in [2.05, 4.69) is 5.32 Å². The Balaban J connectivity index is 1.62. The van der Waals surface area contributed by atoms with Gasteiger partial charge in [-0.3, -0.25) is 4.79 Å². The zero-order valence-corrected chi connectivity index (χ0v) is 12.4. The number of furan rings is 1. The monoisotopic (exact) mass is 317 g/mol. The molecule has 1 amide bonds. The van der Waals surface area contributed by atoms with Gasteiger partial charge in [-0.25, -0.2) is 4.39 Å². The van der Waals surface area contributed by atoms with E-state index in [0.29, 0.717) is 23.6 Å². The Kier molecular flexibility index (Phi) is 4.11. The molecule has 0 aliphatic rings. The summed E-state index contributed by atoms with van der Waals surface area (Å²) in [5, 5.41) is 4.16. The molecule has 0 saturated carbocycles. The van der Waals surface area contributed by atoms with E-state index >= 15 is 0 Å². The van der Waals surface area contributed by atoms with E-state index in [4.69, 9.17) is 16.0 Å². The molecule has 5 heteroatoms. The maximum atomic E-state index is 12.8. The molecule has 0 radical (unpaired) electrons. The van der Waals surface area contributed by atoms with Crippen LogP contribution in [0, 0.1) is 5.82 Å². The SMILES string of the molecule is O=C(NCCc1ccc(F)cc1)c1cc2cc(Cl)ccc2o1. The van der Waals surface area contributed by atoms with Gasteiger partial charge in [0.25, 0.3) is 5.91 Å². The molecule has 0 spiro atoms. The summed E-state index contributed by atoms with van der Waals surface area (Å²) in [4.78, 5) is 12.0. The highest BCUT2D eigenvalue weighted by molar-refractivity contribution is 6.31. The molecule has 1 N–H and O–H groups in total. The van der Waals surface area contributed by atoms with Crippen molar-refractivity contribution in [2.75, 3.05) is 6.54 Å². The molecule has 0 aliphatic carbocycles. The fourth-order valence-corrected chi connectivity index (χ4v) is 2.37. The maximum Gasteiger partial charge on any atom is 0.287 e. The molecule has 0 atom stereocenters. The van der Waals surface area contributed by atoms with Gasteiger partial charge in [0.05, 0.1) is 0 Å². The lowest BCUT2D eigenvalue weighted by molar-refractivity contribution is 0.0928. The number of carbonyl (C=O) groups excluding carboxylic acids is 1. The summed E-state index contributed by atoms with van der Waals surface area (Å²) in [5.74, 6) is -0.306. The first-order valence-corrected chi connectivity index (χ1v) is 7.21. The minimum absolute atomic E-state index is 0.247. The van der Waals surface area contributed by atoms with Crippen molar-refractivity contribution in [1.29, 1.82) is 0 Å². The summed E-state index contributed by atoms with van der Waals surface area (Å²) in [5.41, 5.74) is 1.58. The molecule has 22 heavy (non-hydrogen) atoms. The van der Waals surface area contributed by atoms with Crippen LogP contribution >= 0.6 is 11.6 Å². The van der Waals surface area contributed by atoms with Crippen molar-refractivity contribution in [3.8, 4) is 0 Å². The molecule has 2 aromatic carbocycles. The molecule has 3 aromatic rings. The zero-order valence-electron chi connectivity index (χ0n) is 11.6. The Labute approximate surface area is 131 Å². The molecule has 1 aromatic heterocycles. The smallest absolute Gasteiger partial charge is 0.287 e. The quantitative estimate of drug-likeness (QED) is 0.783. The molecule has 0 unspecified atom stereocenters. The van der Waals surface area contributed by atoms with Gasteiger partial charge in [0.2, 0.25) is 0 Å². The van der Waals surface area contributed by atoms with E-state index in [-0.39, 0.29) is 17.5 Å². The average molecular weight is 318 g/mol. The number of hydrogen-bond donors (Lipinski definition) is 1. The van der Waals surface area contributed by atoms with E-state index in [9.17, 15) is 9.18 Å². The van der Waals surface area contributed by atoms with Gasteiger partial charge in [-0.1, -0.05) is 23.7 Å². The molecular weight excluding hydrogens is 305 g/mol. The molecule has 0 bridgehead atoms. The predicted octanol–water partition coefficient (Wildman–Crippen LogP) is 4.20. The first-order chi connectivity index (χ1) is 10.6. The van der Waals surface area contributed by atoms with Crippen LogP contribution in [0.25, 0.3) is 11.0 Å². The third-order valence-corrected chi connectivity index (χ3v) is 3.55. The lowest BCUT2D eigenvalue weighted by Crippen LogP contribution is -2.25. The summed E-state index contributed by atoms with van der Waals surface area (Å²) < 4.78 is 18.3. The summed E-state index contributed by atoms with van der Waals surface area (Å²) >= 11 is 5.90. The van der Waals surface area contributed by atoms with Crippen molar-refractivity contribution in [1.82, 2.24) is 5.32 Å². The third-order valence-electron chi connectivity index (χ3n) is 3.31. The van der Waals surface area contributed by atoms with Crippen molar-refractivity contribution in [2.45, 2.75) is 6.42 Å². The highest BCUT2D eigenvalue weighted by atomic mass is 35.5. The molecular formula is C17H13ClFNO2. The van der Waals surface area contributed by atoms with E-state index in [1.54, 1.807) is 36.4 Å². The van der Waals surface area contributed by atoms with Gasteiger partial charge in [-0.15, -0.1) is 0 Å². The highest BCUT2D eigenvalue weighted by Crippen LogP contribution is 2.22. The van der Waals surface area contributed by atoms with Crippen LogP contribution in [0.5, 0.6) is 0 Å².